The molecule has 1 aromatic heterocycles. The molecule has 0 fully saturated rings. The molecule has 140 valence electrons. The molecule has 26 heavy (non-hydrogen) atoms. The summed E-state index contributed by atoms with van der Waals surface area (Å²) in [6.45, 7) is 3.41. The molecule has 1 atom stereocenters. The molecule has 1 heterocycles. The maximum atomic E-state index is 12.8. The number of aromatic carboxylic acids is 1. The van der Waals surface area contributed by atoms with Crippen LogP contribution in [0, 0.1) is 13.8 Å². The van der Waals surface area contributed by atoms with Crippen LogP contribution in [0.4, 0.5) is 0 Å². The number of nitrogens with zero attached hydrogens (tertiary/aromatic N) is 1. The molecule has 0 bridgehead atoms. The Hall–Kier alpha value is -2.25. The Morgan fingerprint density at radius 2 is 1.92 bits per heavy atom. The molecule has 0 aliphatic carbocycles. The molecule has 2 aromatic rings. The Morgan fingerprint density at radius 1 is 1.23 bits per heavy atom. The number of thioether (sulfide) groups is 1. The van der Waals surface area contributed by atoms with Gasteiger partial charge in [-0.3, -0.25) is 4.79 Å². The summed E-state index contributed by atoms with van der Waals surface area (Å²) >= 11 is 1.66. The molecule has 6 nitrogen and oxygen atoms in total. The Morgan fingerprint density at radius 3 is 2.50 bits per heavy atom. The van der Waals surface area contributed by atoms with E-state index in [0.717, 1.165) is 11.4 Å². The van der Waals surface area contributed by atoms with Gasteiger partial charge < -0.3 is 20.1 Å². The van der Waals surface area contributed by atoms with Crippen molar-refractivity contribution in [3.63, 3.8) is 0 Å². The van der Waals surface area contributed by atoms with Crippen LogP contribution in [0.3, 0.4) is 0 Å². The molecule has 0 aliphatic rings. The monoisotopic (exact) mass is 376 g/mol. The summed E-state index contributed by atoms with van der Waals surface area (Å²) in [5.41, 5.74) is 2.58. The highest BCUT2D eigenvalue weighted by Gasteiger charge is 2.21. The molecule has 0 saturated heterocycles. The summed E-state index contributed by atoms with van der Waals surface area (Å²) in [7, 11) is 0. The minimum absolute atomic E-state index is 0.126. The minimum Gasteiger partial charge on any atom is -0.478 e. The fraction of sp³-hybridized carbons (Fsp3) is 0.368. The summed E-state index contributed by atoms with van der Waals surface area (Å²) in [5.74, 6) is -0.445. The van der Waals surface area contributed by atoms with Gasteiger partial charge in [-0.15, -0.1) is 0 Å². The SMILES string of the molecule is CSCC[C@@H](CO)NC(=O)c1ccccc1-n1c(C)cc(C(=O)O)c1C. The van der Waals surface area contributed by atoms with Crippen molar-refractivity contribution >= 4 is 23.6 Å². The lowest BCUT2D eigenvalue weighted by Gasteiger charge is -2.19. The first kappa shape index (κ1) is 20.1. The van der Waals surface area contributed by atoms with E-state index in [1.54, 1.807) is 47.5 Å². The maximum Gasteiger partial charge on any atom is 0.337 e. The van der Waals surface area contributed by atoms with Crippen LogP contribution < -0.4 is 5.32 Å². The molecule has 1 amide bonds. The van der Waals surface area contributed by atoms with Crippen molar-refractivity contribution in [2.24, 2.45) is 0 Å². The topological polar surface area (TPSA) is 91.6 Å². The highest BCUT2D eigenvalue weighted by Crippen LogP contribution is 2.24. The number of hydrogen-bond donors (Lipinski definition) is 3. The van der Waals surface area contributed by atoms with E-state index in [-0.39, 0.29) is 24.1 Å². The second kappa shape index (κ2) is 8.91. The van der Waals surface area contributed by atoms with E-state index >= 15 is 0 Å². The second-order valence-electron chi connectivity index (χ2n) is 6.08. The maximum absolute atomic E-state index is 12.8. The van der Waals surface area contributed by atoms with Crippen molar-refractivity contribution in [3.8, 4) is 5.69 Å². The number of aryl methyl sites for hydroxylation is 1. The van der Waals surface area contributed by atoms with Crippen LogP contribution in [-0.2, 0) is 0 Å². The fourth-order valence-electron chi connectivity index (χ4n) is 2.94. The zero-order valence-corrected chi connectivity index (χ0v) is 16.0. The van der Waals surface area contributed by atoms with Crippen molar-refractivity contribution in [1.29, 1.82) is 0 Å². The molecular weight excluding hydrogens is 352 g/mol. The number of aliphatic hydroxyl groups excluding tert-OH is 1. The van der Waals surface area contributed by atoms with Crippen LogP contribution in [0.25, 0.3) is 5.69 Å². The van der Waals surface area contributed by atoms with Gasteiger partial charge in [0, 0.05) is 11.4 Å². The molecule has 0 spiro atoms. The van der Waals surface area contributed by atoms with Gasteiger partial charge in [0.15, 0.2) is 0 Å². The van der Waals surface area contributed by atoms with Crippen molar-refractivity contribution in [2.75, 3.05) is 18.6 Å². The number of benzene rings is 1. The molecule has 0 saturated carbocycles. The van der Waals surface area contributed by atoms with Gasteiger partial charge >= 0.3 is 5.97 Å². The zero-order chi connectivity index (χ0) is 19.3. The van der Waals surface area contributed by atoms with Gasteiger partial charge in [0.25, 0.3) is 5.91 Å². The number of carboxylic acids is 1. The number of amides is 1. The van der Waals surface area contributed by atoms with Crippen molar-refractivity contribution < 1.29 is 19.8 Å². The quantitative estimate of drug-likeness (QED) is 0.659. The number of aliphatic hydroxyl groups is 1. The van der Waals surface area contributed by atoms with Gasteiger partial charge in [-0.05, 0) is 50.5 Å². The molecule has 7 heteroatoms. The van der Waals surface area contributed by atoms with Crippen molar-refractivity contribution in [3.05, 3.63) is 52.8 Å². The normalized spacial score (nSPS) is 12.0. The van der Waals surface area contributed by atoms with Crippen molar-refractivity contribution in [2.45, 2.75) is 26.3 Å². The Kier molecular flexibility index (Phi) is 6.88. The van der Waals surface area contributed by atoms with Crippen LogP contribution >= 0.6 is 11.8 Å². The predicted molar refractivity (Wildman–Crippen MR) is 104 cm³/mol. The largest absolute Gasteiger partial charge is 0.478 e. The molecule has 3 N–H and O–H groups in total. The molecule has 0 unspecified atom stereocenters. The van der Waals surface area contributed by atoms with E-state index in [0.29, 0.717) is 23.4 Å². The number of para-hydroxylation sites is 1. The van der Waals surface area contributed by atoms with Crippen LogP contribution in [0.2, 0.25) is 0 Å². The van der Waals surface area contributed by atoms with Gasteiger partial charge in [0.1, 0.15) is 0 Å². The Labute approximate surface area is 157 Å². The first-order valence-corrected chi connectivity index (χ1v) is 9.72. The van der Waals surface area contributed by atoms with Gasteiger partial charge in [-0.2, -0.15) is 11.8 Å². The van der Waals surface area contributed by atoms with E-state index in [2.05, 4.69) is 5.32 Å². The third-order valence-corrected chi connectivity index (χ3v) is 4.92. The van der Waals surface area contributed by atoms with Gasteiger partial charge in [-0.1, -0.05) is 12.1 Å². The average molecular weight is 376 g/mol. The van der Waals surface area contributed by atoms with E-state index in [1.165, 1.54) is 0 Å². The lowest BCUT2D eigenvalue weighted by molar-refractivity contribution is 0.0696. The number of carbonyl (C=O) groups excluding carboxylic acids is 1. The summed E-state index contributed by atoms with van der Waals surface area (Å²) < 4.78 is 1.77. The highest BCUT2D eigenvalue weighted by atomic mass is 32.2. The van der Waals surface area contributed by atoms with Gasteiger partial charge in [0.2, 0.25) is 0 Å². The van der Waals surface area contributed by atoms with E-state index in [4.69, 9.17) is 0 Å². The summed E-state index contributed by atoms with van der Waals surface area (Å²) in [4.78, 5) is 24.2. The number of hydrogen-bond acceptors (Lipinski definition) is 4. The van der Waals surface area contributed by atoms with Crippen LogP contribution in [0.5, 0.6) is 0 Å². The zero-order valence-electron chi connectivity index (χ0n) is 15.2. The third kappa shape index (κ3) is 4.28. The second-order valence-corrected chi connectivity index (χ2v) is 7.06. The number of nitrogens with one attached hydrogen (secondary N) is 1. The first-order chi connectivity index (χ1) is 12.4. The number of carbonyl (C=O) groups is 2. The smallest absolute Gasteiger partial charge is 0.337 e. The molecule has 0 aliphatic heterocycles. The van der Waals surface area contributed by atoms with Gasteiger partial charge in [0.05, 0.1) is 29.5 Å². The molecule has 1 aromatic carbocycles. The molecular formula is C19H24N2O4S. The number of rotatable bonds is 8. The van der Waals surface area contributed by atoms with Crippen molar-refractivity contribution in [1.82, 2.24) is 9.88 Å². The van der Waals surface area contributed by atoms with E-state index < -0.39 is 5.97 Å². The summed E-state index contributed by atoms with van der Waals surface area (Å²) in [6.07, 6.45) is 2.65. The number of aromatic nitrogens is 1. The Balaban J connectivity index is 2.40. The number of carboxylic acid groups (broad SMARTS) is 1. The average Bonchev–Trinajstić information content (AvgIpc) is 2.93. The standard InChI is InChI=1S/C19H24N2O4S/c1-12-10-16(19(24)25)13(2)21(12)17-7-5-4-6-15(17)18(23)20-14(11-22)8-9-26-3/h4-7,10,14,22H,8-9,11H2,1-3H3,(H,20,23)(H,24,25)/t14-/m0/s1. The van der Waals surface area contributed by atoms with Gasteiger partial charge in [-0.25, -0.2) is 4.79 Å². The summed E-state index contributed by atoms with van der Waals surface area (Å²) in [5, 5.41) is 21.7. The van der Waals surface area contributed by atoms with Crippen LogP contribution in [0.15, 0.2) is 30.3 Å². The third-order valence-electron chi connectivity index (χ3n) is 4.28. The lowest BCUT2D eigenvalue weighted by Crippen LogP contribution is -2.38. The lowest BCUT2D eigenvalue weighted by atomic mass is 10.1. The fourth-order valence-corrected chi connectivity index (χ4v) is 3.46. The van der Waals surface area contributed by atoms with Crippen LogP contribution in [0.1, 0.15) is 38.5 Å². The molecule has 2 rings (SSSR count). The summed E-state index contributed by atoms with van der Waals surface area (Å²) in [6, 6.07) is 8.35. The molecule has 0 radical (unpaired) electrons. The van der Waals surface area contributed by atoms with E-state index in [1.807, 2.05) is 19.2 Å². The first-order valence-electron chi connectivity index (χ1n) is 8.33. The highest BCUT2D eigenvalue weighted by molar-refractivity contribution is 7.98. The van der Waals surface area contributed by atoms with E-state index in [9.17, 15) is 19.8 Å². The minimum atomic E-state index is -0.997. The predicted octanol–water partition coefficient (Wildman–Crippen LogP) is 2.64. The Bertz CT molecular complexity index is 801. The van der Waals surface area contributed by atoms with Crippen LogP contribution in [-0.4, -0.2) is 51.3 Å².